The summed E-state index contributed by atoms with van der Waals surface area (Å²) in [6.45, 7) is 3.28. The van der Waals surface area contributed by atoms with E-state index in [0.717, 1.165) is 6.42 Å². The summed E-state index contributed by atoms with van der Waals surface area (Å²) >= 11 is 4.54. The lowest BCUT2D eigenvalue weighted by molar-refractivity contribution is 0.0759. The Bertz CT molecular complexity index is 597. The number of phenols is 1. The molecule has 5 heteroatoms. The highest BCUT2D eigenvalue weighted by Crippen LogP contribution is 2.35. The van der Waals surface area contributed by atoms with E-state index in [2.05, 4.69) is 19.6 Å². The first kappa shape index (κ1) is 16.6. The molecule has 1 aliphatic heterocycles. The first-order valence-corrected chi connectivity index (χ1v) is 8.96. The second-order valence-electron chi connectivity index (χ2n) is 6.97. The molecule has 0 radical (unpaired) electrons. The van der Waals surface area contributed by atoms with Crippen LogP contribution in [0.1, 0.15) is 54.9 Å². The number of hydrogen-bond donors (Lipinski definition) is 2. The number of halogens is 1. The molecule has 1 fully saturated rings. The topological polar surface area (TPSA) is 40.5 Å². The van der Waals surface area contributed by atoms with Crippen molar-refractivity contribution in [1.82, 2.24) is 4.90 Å². The van der Waals surface area contributed by atoms with Crippen LogP contribution in [-0.2, 0) is 6.54 Å². The van der Waals surface area contributed by atoms with E-state index in [4.69, 9.17) is 0 Å². The minimum atomic E-state index is -0.779. The van der Waals surface area contributed by atoms with Crippen LogP contribution in [0.3, 0.4) is 0 Å². The highest BCUT2D eigenvalue weighted by Gasteiger charge is 2.32. The van der Waals surface area contributed by atoms with Gasteiger partial charge in [-0.3, -0.25) is 4.79 Å². The molecule has 0 bridgehead atoms. The predicted octanol–water partition coefficient (Wildman–Crippen LogP) is 4.00. The summed E-state index contributed by atoms with van der Waals surface area (Å²) in [7, 11) is 0. The van der Waals surface area contributed by atoms with Gasteiger partial charge in [-0.25, -0.2) is 4.39 Å². The van der Waals surface area contributed by atoms with Crippen LogP contribution in [0.4, 0.5) is 4.39 Å². The van der Waals surface area contributed by atoms with Crippen LogP contribution in [0.5, 0.6) is 5.75 Å². The van der Waals surface area contributed by atoms with Crippen LogP contribution >= 0.6 is 12.6 Å². The van der Waals surface area contributed by atoms with Crippen LogP contribution in [-0.4, -0.2) is 27.7 Å². The van der Waals surface area contributed by atoms with Crippen LogP contribution in [0.15, 0.2) is 12.1 Å². The summed E-state index contributed by atoms with van der Waals surface area (Å²) in [6.07, 6.45) is 5.79. The van der Waals surface area contributed by atoms with E-state index in [9.17, 15) is 14.3 Å². The standard InChI is InChI=1S/C18H24FNO2S/c1-11(23)13-4-2-12(3-5-13)8-9-20-10-14-6-7-15(21)17(19)16(14)18(20)22/h6-7,11-13,21,23H,2-5,8-10H2,1H3. The maximum atomic E-state index is 13.9. The summed E-state index contributed by atoms with van der Waals surface area (Å²) in [5.74, 6) is -0.153. The Morgan fingerprint density at radius 1 is 1.35 bits per heavy atom. The van der Waals surface area contributed by atoms with Crippen molar-refractivity contribution in [3.05, 3.63) is 29.1 Å². The van der Waals surface area contributed by atoms with E-state index in [-0.39, 0.29) is 11.5 Å². The maximum absolute atomic E-state index is 13.9. The van der Waals surface area contributed by atoms with Crippen molar-refractivity contribution < 1.29 is 14.3 Å². The van der Waals surface area contributed by atoms with E-state index in [1.807, 2.05) is 0 Å². The third-order valence-corrected chi connectivity index (χ3v) is 5.87. The third-order valence-electron chi connectivity index (χ3n) is 5.45. The molecule has 0 saturated heterocycles. The molecule has 1 N–H and O–H groups in total. The smallest absolute Gasteiger partial charge is 0.257 e. The van der Waals surface area contributed by atoms with Crippen molar-refractivity contribution in [3.63, 3.8) is 0 Å². The Kier molecular flexibility index (Phi) is 4.85. The van der Waals surface area contributed by atoms with Gasteiger partial charge in [-0.15, -0.1) is 0 Å². The molecular formula is C18H24FNO2S. The molecule has 2 aliphatic rings. The highest BCUT2D eigenvalue weighted by molar-refractivity contribution is 7.80. The first-order valence-electron chi connectivity index (χ1n) is 8.45. The van der Waals surface area contributed by atoms with Gasteiger partial charge in [-0.2, -0.15) is 12.6 Å². The number of nitrogens with zero attached hydrogens (tertiary/aromatic N) is 1. The number of phenolic OH excluding ortho intramolecular Hbond substituents is 1. The fourth-order valence-corrected chi connectivity index (χ4v) is 4.18. The Morgan fingerprint density at radius 3 is 2.70 bits per heavy atom. The number of carbonyl (C=O) groups excluding carboxylic acids is 1. The molecule has 3 rings (SSSR count). The van der Waals surface area contributed by atoms with Gasteiger partial charge in [0.25, 0.3) is 5.91 Å². The molecule has 1 saturated carbocycles. The second kappa shape index (κ2) is 6.71. The Labute approximate surface area is 142 Å². The van der Waals surface area contributed by atoms with E-state index in [0.29, 0.717) is 35.7 Å². The zero-order chi connectivity index (χ0) is 16.6. The summed E-state index contributed by atoms with van der Waals surface area (Å²) in [5.41, 5.74) is 0.732. The van der Waals surface area contributed by atoms with E-state index >= 15 is 0 Å². The minimum absolute atomic E-state index is 0.0533. The third kappa shape index (κ3) is 3.35. The number of aromatic hydroxyl groups is 1. The molecule has 1 aromatic rings. The number of amides is 1. The SMILES string of the molecule is CC(S)C1CCC(CCN2Cc3ccc(O)c(F)c3C2=O)CC1. The van der Waals surface area contributed by atoms with Crippen molar-refractivity contribution in [2.75, 3.05) is 6.54 Å². The molecule has 0 spiro atoms. The first-order chi connectivity index (χ1) is 11.0. The molecular weight excluding hydrogens is 313 g/mol. The number of benzene rings is 1. The zero-order valence-electron chi connectivity index (χ0n) is 13.5. The lowest BCUT2D eigenvalue weighted by Crippen LogP contribution is -2.28. The van der Waals surface area contributed by atoms with Gasteiger partial charge >= 0.3 is 0 Å². The zero-order valence-corrected chi connectivity index (χ0v) is 14.4. The number of carbonyl (C=O) groups is 1. The summed E-state index contributed by atoms with van der Waals surface area (Å²) in [5, 5.41) is 9.90. The number of fused-ring (bicyclic) bond motifs is 1. The van der Waals surface area contributed by atoms with Gasteiger partial charge in [0, 0.05) is 18.3 Å². The number of thiol groups is 1. The summed E-state index contributed by atoms with van der Waals surface area (Å²) in [6, 6.07) is 2.97. The minimum Gasteiger partial charge on any atom is -0.505 e. The molecule has 0 aromatic heterocycles. The van der Waals surface area contributed by atoms with Gasteiger partial charge < -0.3 is 10.0 Å². The van der Waals surface area contributed by atoms with Gasteiger partial charge in [0.15, 0.2) is 11.6 Å². The van der Waals surface area contributed by atoms with Crippen molar-refractivity contribution in [2.24, 2.45) is 11.8 Å². The second-order valence-corrected chi connectivity index (χ2v) is 7.78. The lowest BCUT2D eigenvalue weighted by atomic mass is 9.79. The molecule has 126 valence electrons. The fourth-order valence-electron chi connectivity index (χ4n) is 3.88. The van der Waals surface area contributed by atoms with Crippen LogP contribution < -0.4 is 0 Å². The molecule has 1 aliphatic carbocycles. The van der Waals surface area contributed by atoms with E-state index in [1.165, 1.54) is 31.7 Å². The van der Waals surface area contributed by atoms with Gasteiger partial charge in [0.1, 0.15) is 0 Å². The maximum Gasteiger partial charge on any atom is 0.257 e. The Hall–Kier alpha value is -1.23. The fraction of sp³-hybridized carbons (Fsp3) is 0.611. The molecule has 23 heavy (non-hydrogen) atoms. The average Bonchev–Trinajstić information content (AvgIpc) is 2.86. The van der Waals surface area contributed by atoms with Crippen LogP contribution in [0, 0.1) is 17.7 Å². The summed E-state index contributed by atoms with van der Waals surface area (Å²) < 4.78 is 13.9. The Morgan fingerprint density at radius 2 is 2.04 bits per heavy atom. The monoisotopic (exact) mass is 337 g/mol. The number of rotatable bonds is 4. The average molecular weight is 337 g/mol. The molecule has 1 aromatic carbocycles. The van der Waals surface area contributed by atoms with Crippen molar-refractivity contribution in [2.45, 2.75) is 50.8 Å². The molecule has 1 atom stereocenters. The largest absolute Gasteiger partial charge is 0.505 e. The van der Waals surface area contributed by atoms with Gasteiger partial charge in [-0.05, 0) is 42.7 Å². The van der Waals surface area contributed by atoms with Crippen molar-refractivity contribution >= 4 is 18.5 Å². The predicted molar refractivity (Wildman–Crippen MR) is 91.3 cm³/mol. The van der Waals surface area contributed by atoms with Gasteiger partial charge in [-0.1, -0.05) is 25.8 Å². The van der Waals surface area contributed by atoms with E-state index < -0.39 is 11.6 Å². The van der Waals surface area contributed by atoms with Crippen molar-refractivity contribution in [1.29, 1.82) is 0 Å². The molecule has 1 amide bonds. The summed E-state index contributed by atoms with van der Waals surface area (Å²) in [4.78, 5) is 14.1. The number of hydrogen-bond acceptors (Lipinski definition) is 3. The highest BCUT2D eigenvalue weighted by atomic mass is 32.1. The van der Waals surface area contributed by atoms with E-state index in [1.54, 1.807) is 11.0 Å². The van der Waals surface area contributed by atoms with Gasteiger partial charge in [0.05, 0.1) is 5.56 Å². The van der Waals surface area contributed by atoms with Crippen LogP contribution in [0.2, 0.25) is 0 Å². The normalized spacial score (nSPS) is 25.5. The van der Waals surface area contributed by atoms with Crippen molar-refractivity contribution in [3.8, 4) is 5.75 Å². The molecule has 3 nitrogen and oxygen atoms in total. The quantitative estimate of drug-likeness (QED) is 0.815. The molecule has 1 heterocycles. The lowest BCUT2D eigenvalue weighted by Gasteiger charge is -2.31. The van der Waals surface area contributed by atoms with Crippen LogP contribution in [0.25, 0.3) is 0 Å². The Balaban J connectivity index is 1.55. The van der Waals surface area contributed by atoms with Gasteiger partial charge in [0.2, 0.25) is 0 Å². The molecule has 1 unspecified atom stereocenters.